The van der Waals surface area contributed by atoms with Crippen molar-refractivity contribution in [1.29, 1.82) is 0 Å². The van der Waals surface area contributed by atoms with Gasteiger partial charge in [-0.3, -0.25) is 4.79 Å². The summed E-state index contributed by atoms with van der Waals surface area (Å²) in [6.07, 6.45) is 3.23. The molecule has 2 aliphatic rings. The molecule has 2 aliphatic heterocycles. The number of hydrogen-bond donors (Lipinski definition) is 1. The number of carboxylic acids is 1. The van der Waals surface area contributed by atoms with Gasteiger partial charge in [-0.1, -0.05) is 18.2 Å². The molecule has 0 aliphatic carbocycles. The van der Waals surface area contributed by atoms with Gasteiger partial charge in [0.1, 0.15) is 10.6 Å². The summed E-state index contributed by atoms with van der Waals surface area (Å²) in [5.41, 5.74) is 1.08. The number of piperidine rings is 1. The van der Waals surface area contributed by atoms with Crippen LogP contribution in [0.5, 0.6) is 5.75 Å². The molecule has 1 aromatic carbocycles. The normalized spacial score (nSPS) is 20.2. The first-order valence-corrected chi connectivity index (χ1v) is 9.16. The quantitative estimate of drug-likeness (QED) is 0.912. The van der Waals surface area contributed by atoms with E-state index >= 15 is 0 Å². The lowest BCUT2D eigenvalue weighted by Gasteiger charge is -2.32. The third-order valence-electron chi connectivity index (χ3n) is 4.81. The molecule has 4 rings (SSSR count). The van der Waals surface area contributed by atoms with Crippen molar-refractivity contribution in [2.45, 2.75) is 31.3 Å². The number of carboxylic acid groups (broad SMARTS) is 1. The topological polar surface area (TPSA) is 79.7 Å². The minimum absolute atomic E-state index is 0.0417. The number of aromatic nitrogens is 1. The molecule has 0 bridgehead atoms. The number of carbonyl (C=O) groups is 2. The van der Waals surface area contributed by atoms with Crippen molar-refractivity contribution in [3.05, 3.63) is 45.9 Å². The second-order valence-corrected chi connectivity index (χ2v) is 7.45. The van der Waals surface area contributed by atoms with Gasteiger partial charge in [0.25, 0.3) is 5.91 Å². The van der Waals surface area contributed by atoms with Gasteiger partial charge in [0, 0.05) is 25.4 Å². The summed E-state index contributed by atoms with van der Waals surface area (Å²) in [5, 5.41) is 9.87. The highest BCUT2D eigenvalue weighted by molar-refractivity contribution is 7.13. The van der Waals surface area contributed by atoms with Crippen LogP contribution in [0.3, 0.4) is 0 Å². The lowest BCUT2D eigenvalue weighted by atomic mass is 9.97. The maximum absolute atomic E-state index is 12.7. The van der Waals surface area contributed by atoms with Gasteiger partial charge in [-0.15, -0.1) is 11.3 Å². The van der Waals surface area contributed by atoms with Gasteiger partial charge in [-0.05, 0) is 24.5 Å². The van der Waals surface area contributed by atoms with Crippen LogP contribution in [0, 0.1) is 0 Å². The van der Waals surface area contributed by atoms with Crippen molar-refractivity contribution in [3.8, 4) is 5.75 Å². The van der Waals surface area contributed by atoms with E-state index in [4.69, 9.17) is 9.84 Å². The van der Waals surface area contributed by atoms with Gasteiger partial charge in [0.2, 0.25) is 0 Å². The Morgan fingerprint density at radius 2 is 2.00 bits per heavy atom. The standard InChI is InChI=1S/C18H18N2O4S/c21-17(14-9-12-3-1-2-4-13(12)24-14)20-7-5-11(6-8-20)16-19-10-15(25-16)18(22)23/h1-4,10-11,14H,5-9H2,(H,22,23). The molecule has 0 radical (unpaired) electrons. The Hall–Kier alpha value is -2.41. The molecule has 130 valence electrons. The number of benzene rings is 1. The molecule has 2 aromatic rings. The summed E-state index contributed by atoms with van der Waals surface area (Å²) in [6, 6.07) is 7.77. The van der Waals surface area contributed by atoms with Crippen molar-refractivity contribution in [2.75, 3.05) is 13.1 Å². The Kier molecular flexibility index (Phi) is 4.17. The van der Waals surface area contributed by atoms with Crippen molar-refractivity contribution >= 4 is 23.2 Å². The third-order valence-corrected chi connectivity index (χ3v) is 5.96. The van der Waals surface area contributed by atoms with E-state index in [2.05, 4.69) is 4.98 Å². The van der Waals surface area contributed by atoms with Crippen molar-refractivity contribution in [2.24, 2.45) is 0 Å². The number of rotatable bonds is 3. The Morgan fingerprint density at radius 3 is 2.68 bits per heavy atom. The maximum Gasteiger partial charge on any atom is 0.347 e. The molecule has 0 spiro atoms. The number of nitrogens with zero attached hydrogens (tertiary/aromatic N) is 2. The Labute approximate surface area is 149 Å². The van der Waals surface area contributed by atoms with Gasteiger partial charge in [0.15, 0.2) is 6.10 Å². The van der Waals surface area contributed by atoms with Crippen molar-refractivity contribution < 1.29 is 19.4 Å². The number of likely N-dealkylation sites (tertiary alicyclic amines) is 1. The molecule has 1 saturated heterocycles. The van der Waals surface area contributed by atoms with Crippen LogP contribution in [-0.4, -0.2) is 46.1 Å². The molecule has 1 atom stereocenters. The molecular weight excluding hydrogens is 340 g/mol. The Balaban J connectivity index is 1.36. The lowest BCUT2D eigenvalue weighted by Crippen LogP contribution is -2.45. The SMILES string of the molecule is O=C(O)c1cnc(C2CCN(C(=O)C3Cc4ccccc4O3)CC2)s1. The largest absolute Gasteiger partial charge is 0.480 e. The third kappa shape index (κ3) is 3.11. The summed E-state index contributed by atoms with van der Waals surface area (Å²) in [6.45, 7) is 1.31. The summed E-state index contributed by atoms with van der Waals surface area (Å²) >= 11 is 1.24. The molecule has 1 aromatic heterocycles. The predicted octanol–water partition coefficient (Wildman–Crippen LogP) is 2.55. The average molecular weight is 358 g/mol. The fourth-order valence-corrected chi connectivity index (χ4v) is 4.37. The van der Waals surface area contributed by atoms with Crippen LogP contribution >= 0.6 is 11.3 Å². The highest BCUT2D eigenvalue weighted by atomic mass is 32.1. The zero-order valence-electron chi connectivity index (χ0n) is 13.6. The zero-order chi connectivity index (χ0) is 17.4. The first kappa shape index (κ1) is 16.1. The first-order valence-electron chi connectivity index (χ1n) is 8.34. The van der Waals surface area contributed by atoms with E-state index in [1.165, 1.54) is 17.5 Å². The number of thiazole rings is 1. The van der Waals surface area contributed by atoms with Crippen LogP contribution in [-0.2, 0) is 11.2 Å². The van der Waals surface area contributed by atoms with Gasteiger partial charge < -0.3 is 14.7 Å². The lowest BCUT2D eigenvalue weighted by molar-refractivity contribution is -0.139. The fraction of sp³-hybridized carbons (Fsp3) is 0.389. The molecule has 0 saturated carbocycles. The van der Waals surface area contributed by atoms with E-state index < -0.39 is 12.1 Å². The Morgan fingerprint density at radius 1 is 1.24 bits per heavy atom. The summed E-state index contributed by atoms with van der Waals surface area (Å²) in [4.78, 5) is 30.1. The average Bonchev–Trinajstić information content (AvgIpc) is 3.28. The summed E-state index contributed by atoms with van der Waals surface area (Å²) in [5.74, 6) is 0.137. The molecule has 1 fully saturated rings. The monoisotopic (exact) mass is 358 g/mol. The van der Waals surface area contributed by atoms with Crippen molar-refractivity contribution in [3.63, 3.8) is 0 Å². The molecule has 1 N–H and O–H groups in total. The van der Waals surface area contributed by atoms with E-state index in [0.717, 1.165) is 29.2 Å². The van der Waals surface area contributed by atoms with Crippen LogP contribution in [0.1, 0.15) is 39.0 Å². The number of para-hydroxylation sites is 1. The predicted molar refractivity (Wildman–Crippen MR) is 92.2 cm³/mol. The zero-order valence-corrected chi connectivity index (χ0v) is 14.4. The number of hydrogen-bond acceptors (Lipinski definition) is 5. The van der Waals surface area contributed by atoms with Gasteiger partial charge >= 0.3 is 5.97 Å². The van der Waals surface area contributed by atoms with E-state index in [1.54, 1.807) is 0 Å². The van der Waals surface area contributed by atoms with Crippen LogP contribution in [0.25, 0.3) is 0 Å². The Bertz CT molecular complexity index is 786. The molecule has 25 heavy (non-hydrogen) atoms. The molecule has 1 unspecified atom stereocenters. The molecule has 7 heteroatoms. The van der Waals surface area contributed by atoms with Crippen LogP contribution in [0.2, 0.25) is 0 Å². The van der Waals surface area contributed by atoms with Crippen LogP contribution in [0.4, 0.5) is 0 Å². The fourth-order valence-electron chi connectivity index (χ4n) is 3.45. The minimum atomic E-state index is -0.936. The molecule has 1 amide bonds. The van der Waals surface area contributed by atoms with E-state index in [0.29, 0.717) is 19.5 Å². The molecule has 3 heterocycles. The molecular formula is C18H18N2O4S. The van der Waals surface area contributed by atoms with E-state index in [9.17, 15) is 9.59 Å². The van der Waals surface area contributed by atoms with Crippen molar-refractivity contribution in [1.82, 2.24) is 9.88 Å². The number of amides is 1. The second-order valence-electron chi connectivity index (χ2n) is 6.39. The van der Waals surface area contributed by atoms with Gasteiger partial charge in [0.05, 0.1) is 11.2 Å². The van der Waals surface area contributed by atoms with Crippen LogP contribution in [0.15, 0.2) is 30.5 Å². The van der Waals surface area contributed by atoms with Gasteiger partial charge in [-0.2, -0.15) is 0 Å². The number of carbonyl (C=O) groups excluding carboxylic acids is 1. The number of aromatic carboxylic acids is 1. The summed E-state index contributed by atoms with van der Waals surface area (Å²) < 4.78 is 5.80. The van der Waals surface area contributed by atoms with E-state index in [-0.39, 0.29) is 16.7 Å². The first-order chi connectivity index (χ1) is 12.1. The number of ether oxygens (including phenoxy) is 1. The highest BCUT2D eigenvalue weighted by Crippen LogP contribution is 2.33. The molecule has 6 nitrogen and oxygen atoms in total. The smallest absolute Gasteiger partial charge is 0.347 e. The number of fused-ring (bicyclic) bond motifs is 1. The van der Waals surface area contributed by atoms with E-state index in [1.807, 2.05) is 29.2 Å². The minimum Gasteiger partial charge on any atom is -0.480 e. The maximum atomic E-state index is 12.7. The second kappa shape index (κ2) is 6.48. The van der Waals surface area contributed by atoms with Gasteiger partial charge in [-0.25, -0.2) is 9.78 Å². The highest BCUT2D eigenvalue weighted by Gasteiger charge is 2.34. The van der Waals surface area contributed by atoms with Crippen LogP contribution < -0.4 is 4.74 Å². The summed E-state index contributed by atoms with van der Waals surface area (Å²) in [7, 11) is 0.